The third kappa shape index (κ3) is 7.35. The standard InChI is InChI=1S/C18H22O4S.K/c1-2-3-4-6-9-15-12-17(14-18(13-15)23(19,20)21)22-16-10-7-5-8-11-16;/h5,7-8,10-14H,2-4,6,9H2,1H3,(H,19,20,21);/q;+1/p-1. The second kappa shape index (κ2) is 10.7. The van der Waals surface area contributed by atoms with Crippen molar-refractivity contribution in [3.8, 4) is 11.5 Å². The Labute approximate surface area is 186 Å². The first-order chi connectivity index (χ1) is 11.0. The number of hydrogen-bond donors (Lipinski definition) is 0. The number of para-hydroxylation sites is 1. The van der Waals surface area contributed by atoms with Crippen LogP contribution >= 0.6 is 0 Å². The molecular weight excluding hydrogens is 351 g/mol. The molecule has 124 valence electrons. The molecule has 0 unspecified atom stereocenters. The van der Waals surface area contributed by atoms with Gasteiger partial charge in [-0.1, -0.05) is 44.4 Å². The van der Waals surface area contributed by atoms with Crippen LogP contribution < -0.4 is 56.1 Å². The summed E-state index contributed by atoms with van der Waals surface area (Å²) in [6.07, 6.45) is 5.06. The maximum absolute atomic E-state index is 11.4. The Morgan fingerprint density at radius 1 is 0.958 bits per heavy atom. The molecule has 0 aliphatic rings. The van der Waals surface area contributed by atoms with Crippen LogP contribution in [0.3, 0.4) is 0 Å². The molecule has 0 aliphatic carbocycles. The molecule has 2 rings (SSSR count). The predicted molar refractivity (Wildman–Crippen MR) is 88.8 cm³/mol. The molecule has 24 heavy (non-hydrogen) atoms. The summed E-state index contributed by atoms with van der Waals surface area (Å²) < 4.78 is 39.7. The topological polar surface area (TPSA) is 66.4 Å². The van der Waals surface area contributed by atoms with Crippen LogP contribution in [0.15, 0.2) is 53.4 Å². The Balaban J connectivity index is 0.00000288. The van der Waals surface area contributed by atoms with Crippen molar-refractivity contribution in [3.63, 3.8) is 0 Å². The summed E-state index contributed by atoms with van der Waals surface area (Å²) in [6, 6.07) is 13.6. The molecule has 0 saturated heterocycles. The number of unbranched alkanes of at least 4 members (excludes halogenated alkanes) is 3. The van der Waals surface area contributed by atoms with Gasteiger partial charge in [0.1, 0.15) is 21.6 Å². The molecular formula is C18H21KO4S. The summed E-state index contributed by atoms with van der Waals surface area (Å²) in [7, 11) is -4.51. The van der Waals surface area contributed by atoms with Gasteiger partial charge in [0, 0.05) is 0 Å². The molecule has 0 amide bonds. The van der Waals surface area contributed by atoms with Gasteiger partial charge in [-0.15, -0.1) is 0 Å². The van der Waals surface area contributed by atoms with Gasteiger partial charge in [-0.25, -0.2) is 8.42 Å². The van der Waals surface area contributed by atoms with E-state index in [1.165, 1.54) is 12.1 Å². The maximum atomic E-state index is 11.4. The van der Waals surface area contributed by atoms with E-state index in [0.717, 1.165) is 37.7 Å². The first kappa shape index (κ1) is 21.8. The number of benzene rings is 2. The van der Waals surface area contributed by atoms with Crippen molar-refractivity contribution in [2.75, 3.05) is 0 Å². The largest absolute Gasteiger partial charge is 1.00 e. The van der Waals surface area contributed by atoms with Crippen LogP contribution in [-0.2, 0) is 16.5 Å². The van der Waals surface area contributed by atoms with Crippen molar-refractivity contribution < 1.29 is 69.1 Å². The second-order valence-electron chi connectivity index (χ2n) is 5.49. The fraction of sp³-hybridized carbons (Fsp3) is 0.333. The molecule has 0 bridgehead atoms. The third-order valence-electron chi connectivity index (χ3n) is 3.53. The summed E-state index contributed by atoms with van der Waals surface area (Å²) in [5.41, 5.74) is 0.809. The van der Waals surface area contributed by atoms with E-state index in [2.05, 4.69) is 6.92 Å². The molecule has 4 nitrogen and oxygen atoms in total. The third-order valence-corrected chi connectivity index (χ3v) is 4.34. The van der Waals surface area contributed by atoms with E-state index >= 15 is 0 Å². The summed E-state index contributed by atoms with van der Waals surface area (Å²) in [5.74, 6) is 0.975. The summed E-state index contributed by atoms with van der Waals surface area (Å²) >= 11 is 0. The predicted octanol–water partition coefficient (Wildman–Crippen LogP) is 1.51. The van der Waals surface area contributed by atoms with E-state index < -0.39 is 10.1 Å². The Bertz CT molecular complexity index is 730. The Morgan fingerprint density at radius 3 is 2.29 bits per heavy atom. The Hall–Kier alpha value is -0.214. The number of hydrogen-bond acceptors (Lipinski definition) is 4. The van der Waals surface area contributed by atoms with Crippen LogP contribution in [-0.4, -0.2) is 13.0 Å². The van der Waals surface area contributed by atoms with Gasteiger partial charge in [0.05, 0.1) is 4.90 Å². The minimum atomic E-state index is -4.51. The SMILES string of the molecule is CCCCCCc1cc(Oc2ccccc2)cc(S(=O)(=O)[O-])c1.[K+]. The molecule has 0 aliphatic heterocycles. The molecule has 0 N–H and O–H groups in total. The maximum Gasteiger partial charge on any atom is 1.00 e. The zero-order valence-corrected chi connectivity index (χ0v) is 18.1. The van der Waals surface area contributed by atoms with Crippen molar-refractivity contribution in [3.05, 3.63) is 54.1 Å². The van der Waals surface area contributed by atoms with Gasteiger partial charge in [-0.2, -0.15) is 0 Å². The van der Waals surface area contributed by atoms with Crippen molar-refractivity contribution in [2.45, 2.75) is 43.9 Å². The van der Waals surface area contributed by atoms with Crippen molar-refractivity contribution >= 4 is 10.1 Å². The number of ether oxygens (including phenoxy) is 1. The smallest absolute Gasteiger partial charge is 0.744 e. The normalized spacial score (nSPS) is 10.9. The molecule has 0 radical (unpaired) electrons. The number of aryl methyl sites for hydroxylation is 1. The molecule has 0 heterocycles. The summed E-state index contributed by atoms with van der Waals surface area (Å²) in [4.78, 5) is -0.239. The van der Waals surface area contributed by atoms with E-state index in [1.54, 1.807) is 18.2 Å². The van der Waals surface area contributed by atoms with Crippen molar-refractivity contribution in [1.82, 2.24) is 0 Å². The minimum absolute atomic E-state index is 0. The first-order valence-electron chi connectivity index (χ1n) is 7.82. The average molecular weight is 373 g/mol. The summed E-state index contributed by atoms with van der Waals surface area (Å²) in [6.45, 7) is 2.14. The average Bonchev–Trinajstić information content (AvgIpc) is 2.51. The van der Waals surface area contributed by atoms with Crippen molar-refractivity contribution in [1.29, 1.82) is 0 Å². The van der Waals surface area contributed by atoms with Crippen LogP contribution in [0.2, 0.25) is 0 Å². The van der Waals surface area contributed by atoms with E-state index in [4.69, 9.17) is 4.74 Å². The van der Waals surface area contributed by atoms with Crippen LogP contribution in [0.1, 0.15) is 38.2 Å². The van der Waals surface area contributed by atoms with Crippen LogP contribution in [0.25, 0.3) is 0 Å². The van der Waals surface area contributed by atoms with Gasteiger partial charge in [0.25, 0.3) is 0 Å². The fourth-order valence-corrected chi connectivity index (χ4v) is 2.91. The molecule has 0 fully saturated rings. The van der Waals surface area contributed by atoms with Gasteiger partial charge >= 0.3 is 51.4 Å². The molecule has 0 aromatic heterocycles. The van der Waals surface area contributed by atoms with Crippen molar-refractivity contribution in [2.24, 2.45) is 0 Å². The minimum Gasteiger partial charge on any atom is -0.744 e. The first-order valence-corrected chi connectivity index (χ1v) is 9.22. The molecule has 2 aromatic carbocycles. The zero-order chi connectivity index (χ0) is 16.7. The monoisotopic (exact) mass is 372 g/mol. The number of rotatable bonds is 8. The van der Waals surface area contributed by atoms with Gasteiger partial charge in [-0.05, 0) is 48.7 Å². The molecule has 0 atom stereocenters. The van der Waals surface area contributed by atoms with E-state index in [9.17, 15) is 13.0 Å². The van der Waals surface area contributed by atoms with Gasteiger partial charge < -0.3 is 9.29 Å². The van der Waals surface area contributed by atoms with Crippen LogP contribution in [0, 0.1) is 0 Å². The Morgan fingerprint density at radius 2 is 1.67 bits per heavy atom. The van der Waals surface area contributed by atoms with Gasteiger partial charge in [-0.3, -0.25) is 0 Å². The van der Waals surface area contributed by atoms with E-state index in [1.807, 2.05) is 18.2 Å². The molecule has 0 spiro atoms. The molecule has 2 aromatic rings. The van der Waals surface area contributed by atoms with E-state index in [-0.39, 0.29) is 56.3 Å². The van der Waals surface area contributed by atoms with Gasteiger partial charge in [0.2, 0.25) is 0 Å². The quantitative estimate of drug-likeness (QED) is 0.400. The van der Waals surface area contributed by atoms with E-state index in [0.29, 0.717) is 11.5 Å². The fourth-order valence-electron chi connectivity index (χ4n) is 2.36. The van der Waals surface area contributed by atoms with Crippen LogP contribution in [0.5, 0.6) is 11.5 Å². The molecule has 0 saturated carbocycles. The second-order valence-corrected chi connectivity index (χ2v) is 6.87. The van der Waals surface area contributed by atoms with Crippen LogP contribution in [0.4, 0.5) is 0 Å². The summed E-state index contributed by atoms with van der Waals surface area (Å²) in [5, 5.41) is 0. The molecule has 6 heteroatoms. The van der Waals surface area contributed by atoms with Gasteiger partial charge in [0.15, 0.2) is 0 Å². The zero-order valence-electron chi connectivity index (χ0n) is 14.2. The Kier molecular flexibility index (Phi) is 9.74.